The molecule has 0 spiro atoms. The summed E-state index contributed by atoms with van der Waals surface area (Å²) in [6.45, 7) is 5.04. The lowest BCUT2D eigenvalue weighted by Crippen LogP contribution is -2.38. The van der Waals surface area contributed by atoms with Gasteiger partial charge in [0, 0.05) is 42.3 Å². The number of rotatable bonds is 7. The summed E-state index contributed by atoms with van der Waals surface area (Å²) < 4.78 is 10.8. The molecule has 0 radical (unpaired) electrons. The number of benzene rings is 2. The minimum atomic E-state index is -0.215. The van der Waals surface area contributed by atoms with Crippen LogP contribution < -0.4 is 4.74 Å². The number of fused-ring (bicyclic) bond motifs is 1. The maximum absolute atomic E-state index is 13.5. The van der Waals surface area contributed by atoms with Crippen molar-refractivity contribution in [1.82, 2.24) is 20.0 Å². The molecule has 172 valence electrons. The van der Waals surface area contributed by atoms with Crippen molar-refractivity contribution in [1.29, 1.82) is 0 Å². The summed E-state index contributed by atoms with van der Waals surface area (Å²) in [7, 11) is 1.65. The van der Waals surface area contributed by atoms with Gasteiger partial charge in [-0.25, -0.2) is 0 Å². The van der Waals surface area contributed by atoms with Crippen LogP contribution in [0.25, 0.3) is 11.3 Å². The number of H-pyrrole nitrogens is 1. The number of aromatic amines is 1. The molecule has 1 aromatic heterocycles. The van der Waals surface area contributed by atoms with Crippen molar-refractivity contribution in [2.75, 3.05) is 46.5 Å². The molecule has 7 nitrogen and oxygen atoms in total. The van der Waals surface area contributed by atoms with E-state index in [0.29, 0.717) is 17.3 Å². The highest BCUT2D eigenvalue weighted by Gasteiger charge is 2.41. The summed E-state index contributed by atoms with van der Waals surface area (Å²) in [5.74, 6) is 0.771. The maximum atomic E-state index is 13.5. The van der Waals surface area contributed by atoms with Gasteiger partial charge in [-0.05, 0) is 36.2 Å². The van der Waals surface area contributed by atoms with Crippen LogP contribution in [0.4, 0.5) is 0 Å². The molecule has 1 saturated heterocycles. The van der Waals surface area contributed by atoms with E-state index in [-0.39, 0.29) is 11.9 Å². The molecule has 5 rings (SSSR count). The second-order valence-electron chi connectivity index (χ2n) is 8.35. The molecular formula is C25H27ClN4O3. The van der Waals surface area contributed by atoms with Gasteiger partial charge in [0.1, 0.15) is 11.4 Å². The molecule has 3 aromatic rings. The molecule has 1 N–H and O–H groups in total. The number of amides is 1. The third kappa shape index (κ3) is 4.36. The lowest BCUT2D eigenvalue weighted by atomic mass is 9.96. The van der Waals surface area contributed by atoms with Crippen LogP contribution in [0.1, 0.15) is 34.1 Å². The molecule has 2 aromatic carbocycles. The highest BCUT2D eigenvalue weighted by molar-refractivity contribution is 6.30. The predicted octanol–water partition coefficient (Wildman–Crippen LogP) is 4.01. The number of ether oxygens (including phenoxy) is 2. The molecule has 33 heavy (non-hydrogen) atoms. The molecular weight excluding hydrogens is 440 g/mol. The lowest BCUT2D eigenvalue weighted by molar-refractivity contribution is 0.0354. The van der Waals surface area contributed by atoms with Gasteiger partial charge in [0.05, 0.1) is 32.1 Å². The summed E-state index contributed by atoms with van der Waals surface area (Å²) in [4.78, 5) is 17.8. The topological polar surface area (TPSA) is 70.7 Å². The molecule has 0 bridgehead atoms. The zero-order valence-corrected chi connectivity index (χ0v) is 19.3. The number of methoxy groups -OCH3 is 1. The fourth-order valence-corrected chi connectivity index (χ4v) is 4.80. The average Bonchev–Trinajstić information content (AvgIpc) is 3.40. The Morgan fingerprint density at radius 2 is 1.82 bits per heavy atom. The van der Waals surface area contributed by atoms with Gasteiger partial charge < -0.3 is 14.4 Å². The highest BCUT2D eigenvalue weighted by Crippen LogP contribution is 2.43. The lowest BCUT2D eigenvalue weighted by Gasteiger charge is -2.29. The number of halogens is 1. The van der Waals surface area contributed by atoms with Gasteiger partial charge in [0.25, 0.3) is 5.91 Å². The van der Waals surface area contributed by atoms with Gasteiger partial charge in [-0.15, -0.1) is 0 Å². The first kappa shape index (κ1) is 21.9. The van der Waals surface area contributed by atoms with Gasteiger partial charge in [0.15, 0.2) is 0 Å². The number of hydrogen-bond acceptors (Lipinski definition) is 5. The molecule has 8 heteroatoms. The van der Waals surface area contributed by atoms with Crippen molar-refractivity contribution in [3.63, 3.8) is 0 Å². The van der Waals surface area contributed by atoms with Crippen molar-refractivity contribution in [3.8, 4) is 17.0 Å². The molecule has 1 fully saturated rings. The van der Waals surface area contributed by atoms with E-state index in [9.17, 15) is 4.79 Å². The van der Waals surface area contributed by atoms with Crippen molar-refractivity contribution in [2.45, 2.75) is 12.5 Å². The summed E-state index contributed by atoms with van der Waals surface area (Å²) in [6.07, 6.45) is 0.895. The molecule has 0 saturated carbocycles. The first-order valence-electron chi connectivity index (χ1n) is 11.2. The summed E-state index contributed by atoms with van der Waals surface area (Å²) in [5.41, 5.74) is 4.22. The molecule has 0 aliphatic carbocycles. The Morgan fingerprint density at radius 3 is 2.52 bits per heavy atom. The number of nitrogens with one attached hydrogen (secondary N) is 1. The van der Waals surface area contributed by atoms with Gasteiger partial charge in [-0.2, -0.15) is 5.10 Å². The van der Waals surface area contributed by atoms with Crippen LogP contribution in [-0.4, -0.2) is 72.4 Å². The van der Waals surface area contributed by atoms with E-state index in [1.165, 1.54) is 0 Å². The fourth-order valence-electron chi connectivity index (χ4n) is 4.68. The summed E-state index contributed by atoms with van der Waals surface area (Å²) in [5, 5.41) is 8.20. The first-order chi connectivity index (χ1) is 16.2. The normalized spacial score (nSPS) is 18.5. The van der Waals surface area contributed by atoms with Gasteiger partial charge in [-0.1, -0.05) is 35.9 Å². The summed E-state index contributed by atoms with van der Waals surface area (Å²) in [6, 6.07) is 15.3. The van der Waals surface area contributed by atoms with Crippen molar-refractivity contribution in [2.24, 2.45) is 0 Å². The van der Waals surface area contributed by atoms with Crippen LogP contribution in [-0.2, 0) is 4.74 Å². The Morgan fingerprint density at radius 1 is 1.09 bits per heavy atom. The van der Waals surface area contributed by atoms with E-state index in [1.54, 1.807) is 7.11 Å². The van der Waals surface area contributed by atoms with Gasteiger partial charge in [-0.3, -0.25) is 14.8 Å². The predicted molar refractivity (Wildman–Crippen MR) is 127 cm³/mol. The molecule has 2 aliphatic heterocycles. The van der Waals surface area contributed by atoms with Gasteiger partial charge in [0.2, 0.25) is 0 Å². The Hall–Kier alpha value is -2.87. The number of nitrogens with zero attached hydrogens (tertiary/aromatic N) is 3. The quantitative estimate of drug-likeness (QED) is 0.569. The summed E-state index contributed by atoms with van der Waals surface area (Å²) >= 11 is 6.10. The standard InChI is InChI=1S/C25H27ClN4O3/c1-32-20-9-5-18(6-10-20)24-21-22(17-3-7-19(26)8-4-17)27-28-23(21)25(31)30(24)12-2-11-29-13-15-33-16-14-29/h3-10,24H,2,11-16H2,1H3,(H,27,28). The minimum absolute atomic E-state index is 0.0134. The first-order valence-corrected chi connectivity index (χ1v) is 11.6. The minimum Gasteiger partial charge on any atom is -0.497 e. The number of hydrogen-bond donors (Lipinski definition) is 1. The Labute approximate surface area is 198 Å². The largest absolute Gasteiger partial charge is 0.497 e. The van der Waals surface area contributed by atoms with E-state index >= 15 is 0 Å². The fraction of sp³-hybridized carbons (Fsp3) is 0.360. The van der Waals surface area contributed by atoms with E-state index in [2.05, 4.69) is 15.1 Å². The van der Waals surface area contributed by atoms with Crippen molar-refractivity contribution < 1.29 is 14.3 Å². The Bertz CT molecular complexity index is 1110. The second kappa shape index (κ2) is 9.55. The van der Waals surface area contributed by atoms with E-state index in [0.717, 1.165) is 67.4 Å². The highest BCUT2D eigenvalue weighted by atomic mass is 35.5. The number of aromatic nitrogens is 2. The van der Waals surface area contributed by atoms with Crippen LogP contribution >= 0.6 is 11.6 Å². The van der Waals surface area contributed by atoms with Gasteiger partial charge >= 0.3 is 0 Å². The third-order valence-electron chi connectivity index (χ3n) is 6.39. The van der Waals surface area contributed by atoms with Crippen molar-refractivity contribution in [3.05, 3.63) is 70.4 Å². The van der Waals surface area contributed by atoms with E-state index in [4.69, 9.17) is 21.1 Å². The molecule has 1 unspecified atom stereocenters. The number of carbonyl (C=O) groups is 1. The van der Waals surface area contributed by atoms with Crippen LogP contribution in [0.2, 0.25) is 5.02 Å². The number of morpholine rings is 1. The van der Waals surface area contributed by atoms with Crippen LogP contribution in [0, 0.1) is 0 Å². The molecule has 2 aliphatic rings. The third-order valence-corrected chi connectivity index (χ3v) is 6.64. The molecule has 1 atom stereocenters. The monoisotopic (exact) mass is 466 g/mol. The zero-order valence-electron chi connectivity index (χ0n) is 18.6. The Kier molecular flexibility index (Phi) is 6.35. The Balaban J connectivity index is 1.47. The van der Waals surface area contributed by atoms with E-state index in [1.807, 2.05) is 53.4 Å². The SMILES string of the molecule is COc1ccc(C2c3c(-c4ccc(Cl)cc4)n[nH]c3C(=O)N2CCCN2CCOCC2)cc1. The second-order valence-corrected chi connectivity index (χ2v) is 8.79. The van der Waals surface area contributed by atoms with Crippen molar-refractivity contribution >= 4 is 17.5 Å². The van der Waals surface area contributed by atoms with Crippen LogP contribution in [0.3, 0.4) is 0 Å². The van der Waals surface area contributed by atoms with E-state index < -0.39 is 0 Å². The smallest absolute Gasteiger partial charge is 0.273 e. The molecule has 1 amide bonds. The maximum Gasteiger partial charge on any atom is 0.273 e. The molecule has 3 heterocycles. The van der Waals surface area contributed by atoms with Crippen LogP contribution in [0.5, 0.6) is 5.75 Å². The number of carbonyl (C=O) groups excluding carboxylic acids is 1. The zero-order chi connectivity index (χ0) is 22.8. The average molecular weight is 467 g/mol. The van der Waals surface area contributed by atoms with Crippen LogP contribution in [0.15, 0.2) is 48.5 Å².